The largest absolute Gasteiger partial charge is 0.479 e. The Morgan fingerprint density at radius 1 is 1.04 bits per heavy atom. The number of hydrogen-bond acceptors (Lipinski definition) is 10. The summed E-state index contributed by atoms with van der Waals surface area (Å²) in [6.45, 7) is 2.22. The lowest BCUT2D eigenvalue weighted by molar-refractivity contribution is -0.325. The zero-order valence-corrected chi connectivity index (χ0v) is 14.7. The number of carboxylic acids is 1. The maximum Gasteiger partial charge on any atom is 0.335 e. The lowest BCUT2D eigenvalue weighted by Crippen LogP contribution is -2.67. The summed E-state index contributed by atoms with van der Waals surface area (Å²) in [6.07, 6.45) is -13.7. The predicted molar refractivity (Wildman–Crippen MR) is 84.2 cm³/mol. The number of ether oxygens (including phenoxy) is 3. The molecule has 2 heterocycles. The van der Waals surface area contributed by atoms with Gasteiger partial charge in [-0.3, -0.25) is 4.79 Å². The lowest BCUT2D eigenvalue weighted by atomic mass is 9.92. The monoisotopic (exact) mass is 395 g/mol. The van der Waals surface area contributed by atoms with E-state index in [-0.39, 0.29) is 0 Å². The van der Waals surface area contributed by atoms with Crippen molar-refractivity contribution in [2.45, 2.75) is 75.0 Å². The van der Waals surface area contributed by atoms with Gasteiger partial charge >= 0.3 is 5.97 Å². The van der Waals surface area contributed by atoms with E-state index in [0.29, 0.717) is 0 Å². The molecular weight excluding hydrogens is 370 g/mol. The van der Waals surface area contributed by atoms with Crippen LogP contribution in [0.5, 0.6) is 0 Å². The average Bonchev–Trinajstić information content (AvgIpc) is 2.60. The zero-order chi connectivity index (χ0) is 20.5. The Labute approximate surface area is 154 Å². The van der Waals surface area contributed by atoms with E-state index in [0.717, 1.165) is 0 Å². The van der Waals surface area contributed by atoms with Gasteiger partial charge < -0.3 is 50.2 Å². The average molecular weight is 395 g/mol. The lowest BCUT2D eigenvalue weighted by Gasteiger charge is -2.46. The molecule has 0 saturated carbocycles. The molecule has 2 saturated heterocycles. The molecule has 2 fully saturated rings. The second-order valence-corrected chi connectivity index (χ2v) is 6.61. The van der Waals surface area contributed by atoms with Gasteiger partial charge in [0.1, 0.15) is 36.6 Å². The van der Waals surface area contributed by atoms with Crippen molar-refractivity contribution in [3.05, 3.63) is 0 Å². The van der Waals surface area contributed by atoms with Crippen molar-refractivity contribution in [1.82, 2.24) is 5.32 Å². The smallest absolute Gasteiger partial charge is 0.335 e. The van der Waals surface area contributed by atoms with E-state index < -0.39 is 79.6 Å². The van der Waals surface area contributed by atoms with Crippen LogP contribution in [-0.4, -0.2) is 110 Å². The fraction of sp³-hybridized carbons (Fsp3) is 0.867. The normalized spacial score (nSPS) is 45.3. The third kappa shape index (κ3) is 4.55. The Kier molecular flexibility index (Phi) is 7.10. The Balaban J connectivity index is 2.25. The number of carbonyl (C=O) groups excluding carboxylic acids is 1. The van der Waals surface area contributed by atoms with Gasteiger partial charge in [-0.15, -0.1) is 0 Å². The van der Waals surface area contributed by atoms with Crippen LogP contribution in [0.2, 0.25) is 0 Å². The highest BCUT2D eigenvalue weighted by atomic mass is 16.7. The van der Waals surface area contributed by atoms with Crippen molar-refractivity contribution in [2.75, 3.05) is 6.61 Å². The van der Waals surface area contributed by atoms with Crippen molar-refractivity contribution >= 4 is 11.9 Å². The summed E-state index contributed by atoms with van der Waals surface area (Å²) in [7, 11) is 0. The van der Waals surface area contributed by atoms with E-state index in [9.17, 15) is 35.1 Å². The number of hydrogen-bond donors (Lipinski definition) is 7. The van der Waals surface area contributed by atoms with Crippen LogP contribution in [0.3, 0.4) is 0 Å². The molecule has 0 aromatic rings. The Bertz CT molecular complexity index is 546. The van der Waals surface area contributed by atoms with Crippen LogP contribution in [-0.2, 0) is 23.8 Å². The summed E-state index contributed by atoms with van der Waals surface area (Å²) in [5.41, 5.74) is 0. The van der Waals surface area contributed by atoms with Crippen LogP contribution < -0.4 is 5.32 Å². The molecule has 1 amide bonds. The summed E-state index contributed by atoms with van der Waals surface area (Å²) in [5.74, 6) is -2.06. The summed E-state index contributed by atoms with van der Waals surface area (Å²) >= 11 is 0. The minimum Gasteiger partial charge on any atom is -0.479 e. The van der Waals surface area contributed by atoms with Crippen LogP contribution in [0.15, 0.2) is 0 Å². The number of aliphatic hydroxyl groups is 5. The molecule has 12 nitrogen and oxygen atoms in total. The highest BCUT2D eigenvalue weighted by Gasteiger charge is 2.51. The van der Waals surface area contributed by atoms with Gasteiger partial charge in [0.25, 0.3) is 0 Å². The van der Waals surface area contributed by atoms with Gasteiger partial charge in [-0.05, 0) is 6.92 Å². The molecule has 5 unspecified atom stereocenters. The third-order valence-electron chi connectivity index (χ3n) is 4.62. The second-order valence-electron chi connectivity index (χ2n) is 6.61. The zero-order valence-electron chi connectivity index (χ0n) is 14.7. The van der Waals surface area contributed by atoms with E-state index in [1.54, 1.807) is 6.92 Å². The number of aliphatic carboxylic acids is 1. The van der Waals surface area contributed by atoms with Gasteiger partial charge in [0, 0.05) is 6.92 Å². The summed E-state index contributed by atoms with van der Waals surface area (Å²) in [6, 6.07) is -0.927. The molecular formula is C15H25NO11. The number of aliphatic hydroxyl groups excluding tert-OH is 5. The van der Waals surface area contributed by atoms with Crippen molar-refractivity contribution in [1.29, 1.82) is 0 Å². The van der Waals surface area contributed by atoms with E-state index >= 15 is 0 Å². The predicted octanol–water partition coefficient (Wildman–Crippen LogP) is -4.09. The number of carboxylic acid groups (broad SMARTS) is 1. The first-order valence-corrected chi connectivity index (χ1v) is 8.37. The third-order valence-corrected chi connectivity index (χ3v) is 4.62. The van der Waals surface area contributed by atoms with E-state index in [4.69, 9.17) is 19.3 Å². The molecule has 0 aliphatic carbocycles. The quantitative estimate of drug-likeness (QED) is 0.239. The van der Waals surface area contributed by atoms with Gasteiger partial charge in [0.05, 0.1) is 18.8 Å². The second kappa shape index (κ2) is 8.75. The minimum absolute atomic E-state index is 0.470. The number of rotatable bonds is 5. The van der Waals surface area contributed by atoms with Crippen LogP contribution in [0.1, 0.15) is 13.8 Å². The topological polar surface area (TPSA) is 195 Å². The molecule has 10 atom stereocenters. The van der Waals surface area contributed by atoms with Crippen molar-refractivity contribution in [3.8, 4) is 0 Å². The molecule has 0 bridgehead atoms. The van der Waals surface area contributed by atoms with Crippen molar-refractivity contribution < 1.29 is 54.4 Å². The molecule has 0 spiro atoms. The Hall–Kier alpha value is -1.38. The first kappa shape index (κ1) is 21.9. The van der Waals surface area contributed by atoms with Gasteiger partial charge in [-0.1, -0.05) is 0 Å². The Morgan fingerprint density at radius 2 is 1.67 bits per heavy atom. The Morgan fingerprint density at radius 3 is 2.19 bits per heavy atom. The van der Waals surface area contributed by atoms with Crippen LogP contribution in [0.4, 0.5) is 0 Å². The van der Waals surface area contributed by atoms with E-state index in [2.05, 4.69) is 5.32 Å². The van der Waals surface area contributed by atoms with Crippen LogP contribution in [0, 0.1) is 0 Å². The van der Waals surface area contributed by atoms with Gasteiger partial charge in [0.2, 0.25) is 5.91 Å². The van der Waals surface area contributed by atoms with E-state index in [1.165, 1.54) is 6.92 Å². The SMILES string of the molecule is CC(=O)N[C@@H]1C(C)OC(CO)[C@@H](O)C1O[C@@H]1OC(C(=O)O)[C@@H](O)C(O)[C@@H]1O. The highest BCUT2D eigenvalue weighted by molar-refractivity contribution is 5.73. The van der Waals surface area contributed by atoms with Gasteiger partial charge in [-0.2, -0.15) is 0 Å². The summed E-state index contributed by atoms with van der Waals surface area (Å²) in [5, 5.41) is 61.0. The van der Waals surface area contributed by atoms with Crippen molar-refractivity contribution in [2.24, 2.45) is 0 Å². The molecule has 0 aromatic heterocycles. The first-order chi connectivity index (χ1) is 12.6. The maximum atomic E-state index is 11.5. The first-order valence-electron chi connectivity index (χ1n) is 8.37. The van der Waals surface area contributed by atoms with Crippen LogP contribution >= 0.6 is 0 Å². The van der Waals surface area contributed by atoms with Gasteiger partial charge in [0.15, 0.2) is 12.4 Å². The minimum atomic E-state index is -1.90. The fourth-order valence-electron chi connectivity index (χ4n) is 3.20. The fourth-order valence-corrected chi connectivity index (χ4v) is 3.20. The number of nitrogens with one attached hydrogen (secondary N) is 1. The molecule has 0 aromatic carbocycles. The molecule has 156 valence electrons. The van der Waals surface area contributed by atoms with Crippen molar-refractivity contribution in [3.63, 3.8) is 0 Å². The standard InChI is InChI=1S/C15H25NO11/c1-4-7(16-5(2)18)12(8(19)6(3-17)25-4)26-15-11(22)9(20)10(21)13(27-15)14(23)24/h4,6-13,15,17,19-22H,3H2,1-2H3,(H,16,18)(H,23,24)/t4?,6?,7-,8-,9?,10+,11+,12?,13?,15-/m1/s1. The molecule has 2 aliphatic heterocycles. The molecule has 2 aliphatic rings. The maximum absolute atomic E-state index is 11.5. The molecule has 7 N–H and O–H groups in total. The molecule has 12 heteroatoms. The number of carbonyl (C=O) groups is 2. The van der Waals surface area contributed by atoms with Crippen LogP contribution in [0.25, 0.3) is 0 Å². The molecule has 0 radical (unpaired) electrons. The number of amides is 1. The molecule has 2 rings (SSSR count). The van der Waals surface area contributed by atoms with E-state index in [1.807, 2.05) is 0 Å². The summed E-state index contributed by atoms with van der Waals surface area (Å²) in [4.78, 5) is 22.7. The molecule has 27 heavy (non-hydrogen) atoms. The highest BCUT2D eigenvalue weighted by Crippen LogP contribution is 2.29. The van der Waals surface area contributed by atoms with Gasteiger partial charge in [-0.25, -0.2) is 4.79 Å². The summed E-state index contributed by atoms with van der Waals surface area (Å²) < 4.78 is 16.0.